The van der Waals surface area contributed by atoms with E-state index in [2.05, 4.69) is 33.0 Å². The van der Waals surface area contributed by atoms with Crippen LogP contribution in [-0.4, -0.2) is 48.6 Å². The number of hydrogen-bond acceptors (Lipinski definition) is 4. The van der Waals surface area contributed by atoms with Crippen LogP contribution in [0.5, 0.6) is 0 Å². The topological polar surface area (TPSA) is 49.9 Å². The zero-order chi connectivity index (χ0) is 20.3. The van der Waals surface area contributed by atoms with E-state index in [1.54, 1.807) is 24.3 Å². The van der Waals surface area contributed by atoms with Gasteiger partial charge in [0.15, 0.2) is 0 Å². The van der Waals surface area contributed by atoms with E-state index in [4.69, 9.17) is 4.74 Å². The maximum Gasteiger partial charge on any atom is 0.338 e. The number of carbonyl (C=O) groups excluding carboxylic acids is 2. The normalized spacial score (nSPS) is 14.7. The standard InChI is InChI=1S/C22H25BrN2O3/c1-22(2,3)28-21(27)17-6-4-16(5-7-17)20(26)25-14-12-24(13-15-25)19-10-8-18(23)9-11-19/h4-11H,12-15H2,1-3H3. The molecule has 0 aromatic heterocycles. The molecule has 1 aliphatic heterocycles. The van der Waals surface area contributed by atoms with Gasteiger partial charge in [-0.15, -0.1) is 0 Å². The van der Waals surface area contributed by atoms with Crippen molar-refractivity contribution in [3.05, 3.63) is 64.1 Å². The predicted octanol–water partition coefficient (Wildman–Crippen LogP) is 4.37. The highest BCUT2D eigenvalue weighted by Gasteiger charge is 2.23. The van der Waals surface area contributed by atoms with Crippen molar-refractivity contribution < 1.29 is 14.3 Å². The number of halogens is 1. The van der Waals surface area contributed by atoms with Crippen molar-refractivity contribution in [2.45, 2.75) is 26.4 Å². The Bertz CT molecular complexity index is 834. The van der Waals surface area contributed by atoms with Gasteiger partial charge in [0, 0.05) is 41.9 Å². The number of nitrogens with zero attached hydrogens (tertiary/aromatic N) is 2. The van der Waals surface area contributed by atoms with E-state index >= 15 is 0 Å². The Morgan fingerprint density at radius 3 is 1.93 bits per heavy atom. The average Bonchev–Trinajstić information content (AvgIpc) is 2.67. The quantitative estimate of drug-likeness (QED) is 0.659. The maximum absolute atomic E-state index is 12.8. The van der Waals surface area contributed by atoms with Gasteiger partial charge in [-0.1, -0.05) is 15.9 Å². The summed E-state index contributed by atoms with van der Waals surface area (Å²) in [6.07, 6.45) is 0. The molecular weight excluding hydrogens is 420 g/mol. The number of hydrogen-bond donors (Lipinski definition) is 0. The van der Waals surface area contributed by atoms with E-state index in [0.29, 0.717) is 24.2 Å². The van der Waals surface area contributed by atoms with Crippen molar-refractivity contribution in [1.29, 1.82) is 0 Å². The zero-order valence-corrected chi connectivity index (χ0v) is 18.0. The van der Waals surface area contributed by atoms with Gasteiger partial charge in [-0.3, -0.25) is 4.79 Å². The van der Waals surface area contributed by atoms with Crippen LogP contribution in [0.2, 0.25) is 0 Å². The minimum absolute atomic E-state index is 0.00815. The molecule has 0 radical (unpaired) electrons. The number of rotatable bonds is 3. The molecule has 3 rings (SSSR count). The Hall–Kier alpha value is -2.34. The first-order chi connectivity index (χ1) is 13.2. The molecular formula is C22H25BrN2O3. The first-order valence-corrected chi connectivity index (χ1v) is 10.2. The van der Waals surface area contributed by atoms with Crippen LogP contribution in [0.3, 0.4) is 0 Å². The van der Waals surface area contributed by atoms with Gasteiger partial charge in [0.05, 0.1) is 5.56 Å². The second kappa shape index (κ2) is 8.35. The Kier molecular flexibility index (Phi) is 6.08. The number of ether oxygens (including phenoxy) is 1. The Labute approximate surface area is 174 Å². The predicted molar refractivity (Wildman–Crippen MR) is 114 cm³/mol. The summed E-state index contributed by atoms with van der Waals surface area (Å²) in [5, 5.41) is 0. The summed E-state index contributed by atoms with van der Waals surface area (Å²) in [5.41, 5.74) is 1.66. The molecule has 0 spiro atoms. The molecule has 1 fully saturated rings. The Morgan fingerprint density at radius 2 is 1.39 bits per heavy atom. The highest BCUT2D eigenvalue weighted by atomic mass is 79.9. The third-order valence-electron chi connectivity index (χ3n) is 4.53. The summed E-state index contributed by atoms with van der Waals surface area (Å²) in [6.45, 7) is 8.42. The molecule has 1 aliphatic rings. The lowest BCUT2D eigenvalue weighted by Crippen LogP contribution is -2.48. The fourth-order valence-corrected chi connectivity index (χ4v) is 3.35. The van der Waals surface area contributed by atoms with Gasteiger partial charge < -0.3 is 14.5 Å². The second-order valence-electron chi connectivity index (χ2n) is 7.83. The van der Waals surface area contributed by atoms with Crippen molar-refractivity contribution in [2.24, 2.45) is 0 Å². The Balaban J connectivity index is 1.59. The molecule has 0 atom stereocenters. The molecule has 0 saturated carbocycles. The molecule has 1 amide bonds. The highest BCUT2D eigenvalue weighted by Crippen LogP contribution is 2.20. The van der Waals surface area contributed by atoms with E-state index in [9.17, 15) is 9.59 Å². The molecule has 0 N–H and O–H groups in total. The number of benzene rings is 2. The fraction of sp³-hybridized carbons (Fsp3) is 0.364. The molecule has 0 aliphatic carbocycles. The summed E-state index contributed by atoms with van der Waals surface area (Å²) in [7, 11) is 0. The third-order valence-corrected chi connectivity index (χ3v) is 5.05. The number of carbonyl (C=O) groups is 2. The minimum Gasteiger partial charge on any atom is -0.456 e. The summed E-state index contributed by atoms with van der Waals surface area (Å²) in [6, 6.07) is 14.9. The molecule has 1 heterocycles. The van der Waals surface area contributed by atoms with Crippen LogP contribution in [-0.2, 0) is 4.74 Å². The monoisotopic (exact) mass is 444 g/mol. The second-order valence-corrected chi connectivity index (χ2v) is 8.75. The summed E-state index contributed by atoms with van der Waals surface area (Å²) in [5.74, 6) is -0.388. The van der Waals surface area contributed by atoms with E-state index in [0.717, 1.165) is 23.2 Å². The van der Waals surface area contributed by atoms with Crippen LogP contribution in [0.1, 0.15) is 41.5 Å². The van der Waals surface area contributed by atoms with Crippen LogP contribution < -0.4 is 4.90 Å². The lowest BCUT2D eigenvalue weighted by atomic mass is 10.1. The molecule has 148 valence electrons. The molecule has 0 bridgehead atoms. The number of amides is 1. The van der Waals surface area contributed by atoms with Gasteiger partial charge in [0.1, 0.15) is 5.60 Å². The molecule has 0 unspecified atom stereocenters. The van der Waals surface area contributed by atoms with Gasteiger partial charge in [-0.25, -0.2) is 4.79 Å². The van der Waals surface area contributed by atoms with E-state index < -0.39 is 5.60 Å². The van der Waals surface area contributed by atoms with Crippen LogP contribution in [0.25, 0.3) is 0 Å². The zero-order valence-electron chi connectivity index (χ0n) is 16.4. The van der Waals surface area contributed by atoms with Gasteiger partial charge in [0.25, 0.3) is 5.91 Å². The third kappa shape index (κ3) is 5.13. The van der Waals surface area contributed by atoms with Crippen molar-refractivity contribution in [3.8, 4) is 0 Å². The first-order valence-electron chi connectivity index (χ1n) is 9.36. The summed E-state index contributed by atoms with van der Waals surface area (Å²) < 4.78 is 6.41. The van der Waals surface area contributed by atoms with Gasteiger partial charge >= 0.3 is 5.97 Å². The molecule has 6 heteroatoms. The van der Waals surface area contributed by atoms with Crippen LogP contribution in [0, 0.1) is 0 Å². The number of anilines is 1. The van der Waals surface area contributed by atoms with Crippen LogP contribution in [0.4, 0.5) is 5.69 Å². The van der Waals surface area contributed by atoms with Gasteiger partial charge in [0.2, 0.25) is 0 Å². The van der Waals surface area contributed by atoms with Crippen molar-refractivity contribution in [1.82, 2.24) is 4.90 Å². The van der Waals surface area contributed by atoms with Crippen LogP contribution >= 0.6 is 15.9 Å². The lowest BCUT2D eigenvalue weighted by molar-refractivity contribution is 0.00692. The smallest absolute Gasteiger partial charge is 0.338 e. The van der Waals surface area contributed by atoms with Crippen molar-refractivity contribution in [3.63, 3.8) is 0 Å². The van der Waals surface area contributed by atoms with E-state index in [-0.39, 0.29) is 11.9 Å². The average molecular weight is 445 g/mol. The Morgan fingerprint density at radius 1 is 0.857 bits per heavy atom. The van der Waals surface area contributed by atoms with Crippen molar-refractivity contribution in [2.75, 3.05) is 31.1 Å². The maximum atomic E-state index is 12.8. The van der Waals surface area contributed by atoms with E-state index in [1.165, 1.54) is 0 Å². The molecule has 1 saturated heterocycles. The summed E-state index contributed by atoms with van der Waals surface area (Å²) >= 11 is 3.45. The van der Waals surface area contributed by atoms with Gasteiger partial charge in [-0.2, -0.15) is 0 Å². The fourth-order valence-electron chi connectivity index (χ4n) is 3.09. The molecule has 2 aromatic carbocycles. The summed E-state index contributed by atoms with van der Waals surface area (Å²) in [4.78, 5) is 29.0. The van der Waals surface area contributed by atoms with E-state index in [1.807, 2.05) is 37.8 Å². The molecule has 28 heavy (non-hydrogen) atoms. The SMILES string of the molecule is CC(C)(C)OC(=O)c1ccc(C(=O)N2CCN(c3ccc(Br)cc3)CC2)cc1. The molecule has 5 nitrogen and oxygen atoms in total. The number of piperazine rings is 1. The highest BCUT2D eigenvalue weighted by molar-refractivity contribution is 9.10. The largest absolute Gasteiger partial charge is 0.456 e. The number of esters is 1. The van der Waals surface area contributed by atoms with Crippen molar-refractivity contribution >= 4 is 33.5 Å². The van der Waals surface area contributed by atoms with Crippen LogP contribution in [0.15, 0.2) is 53.0 Å². The van der Waals surface area contributed by atoms with Gasteiger partial charge in [-0.05, 0) is 69.3 Å². The lowest BCUT2D eigenvalue weighted by Gasteiger charge is -2.36. The first kappa shape index (κ1) is 20.4. The minimum atomic E-state index is -0.542. The molecule has 2 aromatic rings.